The second-order valence-electron chi connectivity index (χ2n) is 8.22. The molecule has 1 aromatic rings. The molecule has 2 rings (SSSR count). The van der Waals surface area contributed by atoms with Crippen LogP contribution in [0.15, 0.2) is 34.7 Å². The van der Waals surface area contributed by atoms with Crippen LogP contribution in [0.5, 0.6) is 0 Å². The van der Waals surface area contributed by atoms with Crippen molar-refractivity contribution < 1.29 is 14.1 Å². The van der Waals surface area contributed by atoms with E-state index in [2.05, 4.69) is 38.7 Å². The molecule has 1 saturated heterocycles. The molecular formula is C20H32N2O3S. The molecule has 0 aromatic heterocycles. The molecule has 0 spiro atoms. The monoisotopic (exact) mass is 380 g/mol. The lowest BCUT2D eigenvalue weighted by atomic mass is 9.96. The van der Waals surface area contributed by atoms with Crippen molar-refractivity contribution in [3.63, 3.8) is 0 Å². The highest BCUT2D eigenvalue weighted by Crippen LogP contribution is 2.24. The quantitative estimate of drug-likeness (QED) is 0.636. The van der Waals surface area contributed by atoms with Gasteiger partial charge in [-0.15, -0.1) is 0 Å². The van der Waals surface area contributed by atoms with Crippen molar-refractivity contribution in [2.24, 2.45) is 4.40 Å². The van der Waals surface area contributed by atoms with Crippen LogP contribution in [-0.4, -0.2) is 33.6 Å². The number of ether oxygens (including phenoxy) is 1. The van der Waals surface area contributed by atoms with Crippen molar-refractivity contribution in [3.05, 3.63) is 35.9 Å². The van der Waals surface area contributed by atoms with Gasteiger partial charge in [-0.05, 0) is 47.1 Å². The molecule has 1 aliphatic heterocycles. The van der Waals surface area contributed by atoms with E-state index in [0.29, 0.717) is 12.5 Å². The van der Waals surface area contributed by atoms with Crippen molar-refractivity contribution in [1.82, 2.24) is 5.32 Å². The molecule has 1 N–H and O–H groups in total. The fourth-order valence-electron chi connectivity index (χ4n) is 2.20. The number of nitrogens with zero attached hydrogens (tertiary/aromatic N) is 1. The van der Waals surface area contributed by atoms with Gasteiger partial charge in [-0.25, -0.2) is 0 Å². The molecule has 2 atom stereocenters. The molecule has 146 valence electrons. The lowest BCUT2D eigenvalue weighted by Crippen LogP contribution is -2.34. The third kappa shape index (κ3) is 8.83. The largest absolute Gasteiger partial charge is 0.591 e. The van der Waals surface area contributed by atoms with Crippen molar-refractivity contribution in [2.75, 3.05) is 6.54 Å². The van der Waals surface area contributed by atoms with Crippen molar-refractivity contribution in [3.8, 4) is 0 Å². The summed E-state index contributed by atoms with van der Waals surface area (Å²) in [6, 6.07) is 10.7. The number of hydrogen-bond acceptors (Lipinski definition) is 5. The predicted octanol–water partition coefficient (Wildman–Crippen LogP) is 3.97. The van der Waals surface area contributed by atoms with E-state index in [1.165, 1.54) is 5.56 Å². The van der Waals surface area contributed by atoms with E-state index in [9.17, 15) is 9.35 Å². The Bertz CT molecular complexity index is 577. The smallest absolute Gasteiger partial charge is 0.293 e. The predicted molar refractivity (Wildman–Crippen MR) is 109 cm³/mol. The maximum absolute atomic E-state index is 12.1. The highest BCUT2D eigenvalue weighted by Gasteiger charge is 2.28. The second kappa shape index (κ2) is 10.1. The van der Waals surface area contributed by atoms with Crippen LogP contribution in [0.4, 0.5) is 0 Å². The summed E-state index contributed by atoms with van der Waals surface area (Å²) >= 11 is -1.15. The standard InChI is InChI=1S/C15H22N2OS.C5H10O2/c1-15(2,3)19(18)17-13-9-10-16-14(11-13)12-7-5-4-6-8-12;1-5(2,3)7-4-6/h4-8,14,16H,9-11H2,1-3H3;4H,1-3H3. The van der Waals surface area contributed by atoms with Crippen LogP contribution in [0.3, 0.4) is 0 Å². The first-order valence-corrected chi connectivity index (χ1v) is 10.0. The van der Waals surface area contributed by atoms with Crippen LogP contribution in [0.1, 0.15) is 66.0 Å². The van der Waals surface area contributed by atoms with Crippen LogP contribution in [0, 0.1) is 0 Å². The topological polar surface area (TPSA) is 73.8 Å². The summed E-state index contributed by atoms with van der Waals surface area (Å²) < 4.78 is 20.8. The van der Waals surface area contributed by atoms with Gasteiger partial charge in [-0.3, -0.25) is 4.79 Å². The summed E-state index contributed by atoms with van der Waals surface area (Å²) in [6.07, 6.45) is 1.75. The van der Waals surface area contributed by atoms with Gasteiger partial charge in [0.15, 0.2) is 0 Å². The summed E-state index contributed by atoms with van der Waals surface area (Å²) in [5, 5.41) is 3.50. The van der Waals surface area contributed by atoms with Gasteiger partial charge in [0.1, 0.15) is 21.7 Å². The van der Waals surface area contributed by atoms with Crippen molar-refractivity contribution in [1.29, 1.82) is 0 Å². The number of nitrogens with one attached hydrogen (secondary N) is 1. The van der Waals surface area contributed by atoms with Crippen LogP contribution in [0.2, 0.25) is 0 Å². The molecule has 0 radical (unpaired) electrons. The number of benzene rings is 1. The minimum absolute atomic E-state index is 0.278. The van der Waals surface area contributed by atoms with Gasteiger partial charge >= 0.3 is 0 Å². The summed E-state index contributed by atoms with van der Waals surface area (Å²) in [5.74, 6) is 0. The van der Waals surface area contributed by atoms with Gasteiger partial charge < -0.3 is 14.6 Å². The van der Waals surface area contributed by atoms with Gasteiger partial charge in [0.2, 0.25) is 0 Å². The summed E-state index contributed by atoms with van der Waals surface area (Å²) in [4.78, 5) is 9.60. The Balaban J connectivity index is 0.000000412. The van der Waals surface area contributed by atoms with Gasteiger partial charge in [0, 0.05) is 25.4 Å². The molecule has 1 aliphatic rings. The molecule has 6 heteroatoms. The Morgan fingerprint density at radius 3 is 2.27 bits per heavy atom. The van der Waals surface area contributed by atoms with E-state index in [1.54, 1.807) is 0 Å². The van der Waals surface area contributed by atoms with Crippen LogP contribution in [0.25, 0.3) is 0 Å². The lowest BCUT2D eigenvalue weighted by Gasteiger charge is -2.26. The normalized spacial score (nSPS) is 20.7. The van der Waals surface area contributed by atoms with Crippen LogP contribution in [-0.2, 0) is 20.9 Å². The summed E-state index contributed by atoms with van der Waals surface area (Å²) in [5.41, 5.74) is 2.03. The first kappa shape index (κ1) is 22.7. The van der Waals surface area contributed by atoms with E-state index in [1.807, 2.05) is 47.6 Å². The Hall–Kier alpha value is -1.37. The average Bonchev–Trinajstić information content (AvgIpc) is 2.54. The first-order chi connectivity index (χ1) is 12.0. The van der Waals surface area contributed by atoms with E-state index in [4.69, 9.17) is 0 Å². The number of carbonyl (C=O) groups is 1. The summed E-state index contributed by atoms with van der Waals surface area (Å²) in [7, 11) is 0. The highest BCUT2D eigenvalue weighted by molar-refractivity contribution is 7.91. The van der Waals surface area contributed by atoms with Crippen LogP contribution >= 0.6 is 0 Å². The molecular weight excluding hydrogens is 348 g/mol. The third-order valence-corrected chi connectivity index (χ3v) is 5.06. The van der Waals surface area contributed by atoms with Crippen molar-refractivity contribution >= 4 is 23.5 Å². The maximum Gasteiger partial charge on any atom is 0.293 e. The zero-order valence-corrected chi connectivity index (χ0v) is 17.6. The minimum atomic E-state index is -1.15. The first-order valence-electron chi connectivity index (χ1n) is 8.91. The molecule has 1 fully saturated rings. The zero-order valence-electron chi connectivity index (χ0n) is 16.7. The molecule has 26 heavy (non-hydrogen) atoms. The maximum atomic E-state index is 12.1. The summed E-state index contributed by atoms with van der Waals surface area (Å²) in [6.45, 7) is 12.7. The van der Waals surface area contributed by atoms with Gasteiger partial charge in [-0.1, -0.05) is 34.7 Å². The van der Waals surface area contributed by atoms with E-state index in [-0.39, 0.29) is 10.3 Å². The van der Waals surface area contributed by atoms with Crippen molar-refractivity contribution in [2.45, 2.75) is 70.8 Å². The Labute approximate surface area is 160 Å². The SMILES string of the molecule is CC(C)(C)OC=O.CC(C)(C)[S+]([O-])N=C1CCNC(c2ccccc2)C1. The Kier molecular flexibility index (Phi) is 8.80. The number of rotatable bonds is 3. The average molecular weight is 381 g/mol. The van der Waals surface area contributed by atoms with Gasteiger partial charge in [-0.2, -0.15) is 0 Å². The molecule has 2 unspecified atom stereocenters. The minimum Gasteiger partial charge on any atom is -0.591 e. The molecule has 5 nitrogen and oxygen atoms in total. The Morgan fingerprint density at radius 2 is 1.81 bits per heavy atom. The second-order valence-corrected chi connectivity index (χ2v) is 10.1. The zero-order chi connectivity index (χ0) is 19.8. The molecule has 0 aliphatic carbocycles. The Morgan fingerprint density at radius 1 is 1.19 bits per heavy atom. The van der Waals surface area contributed by atoms with E-state index < -0.39 is 11.4 Å². The fraction of sp³-hybridized carbons (Fsp3) is 0.600. The van der Waals surface area contributed by atoms with Gasteiger partial charge in [0.05, 0.1) is 5.71 Å². The number of hydrogen-bond donors (Lipinski definition) is 1. The van der Waals surface area contributed by atoms with Gasteiger partial charge in [0.25, 0.3) is 6.47 Å². The molecule has 0 saturated carbocycles. The molecule has 0 amide bonds. The molecule has 1 aromatic carbocycles. The number of carbonyl (C=O) groups excluding carboxylic acids is 1. The number of piperidine rings is 1. The lowest BCUT2D eigenvalue weighted by molar-refractivity contribution is -0.138. The third-order valence-electron chi connectivity index (χ3n) is 3.58. The molecule has 0 bridgehead atoms. The fourth-order valence-corrected chi connectivity index (χ4v) is 2.88. The van der Waals surface area contributed by atoms with E-state index >= 15 is 0 Å². The van der Waals surface area contributed by atoms with Crippen LogP contribution < -0.4 is 5.32 Å². The molecule has 1 heterocycles. The highest BCUT2D eigenvalue weighted by atomic mass is 32.2. The van der Waals surface area contributed by atoms with E-state index in [0.717, 1.165) is 25.1 Å².